The summed E-state index contributed by atoms with van der Waals surface area (Å²) < 4.78 is 31.7. The van der Waals surface area contributed by atoms with Gasteiger partial charge in [0.25, 0.3) is 9.05 Å². The summed E-state index contributed by atoms with van der Waals surface area (Å²) in [4.78, 5) is 10.9. The molecule has 0 aliphatic carbocycles. The van der Waals surface area contributed by atoms with Gasteiger partial charge in [-0.3, -0.25) is 0 Å². The minimum atomic E-state index is -3.76. The molecule has 0 aromatic heterocycles. The number of aryl methyl sites for hydroxylation is 1. The molecule has 5 nitrogen and oxygen atoms in total. The second kappa shape index (κ2) is 5.37. The van der Waals surface area contributed by atoms with Crippen LogP contribution in [0, 0.1) is 6.92 Å². The Kier molecular flexibility index (Phi) is 4.36. The molecule has 0 heterocycles. The zero-order chi connectivity index (χ0) is 13.1. The minimum Gasteiger partial charge on any atom is -0.482 e. The predicted molar refractivity (Wildman–Crippen MR) is 61.7 cm³/mol. The van der Waals surface area contributed by atoms with Crippen LogP contribution in [0.15, 0.2) is 23.1 Å². The van der Waals surface area contributed by atoms with Crippen LogP contribution in [-0.2, 0) is 18.6 Å². The lowest BCUT2D eigenvalue weighted by molar-refractivity contribution is -0.142. The number of methoxy groups -OCH3 is 1. The Balaban J connectivity index is 2.87. The number of hydrogen-bond donors (Lipinski definition) is 0. The van der Waals surface area contributed by atoms with Crippen LogP contribution < -0.4 is 4.74 Å². The Bertz CT molecular complexity index is 523. The molecule has 0 amide bonds. The van der Waals surface area contributed by atoms with E-state index in [1.165, 1.54) is 25.3 Å². The van der Waals surface area contributed by atoms with E-state index in [1.807, 2.05) is 0 Å². The third-order valence-corrected chi connectivity index (χ3v) is 3.48. The molecule has 0 saturated carbocycles. The summed E-state index contributed by atoms with van der Waals surface area (Å²) in [5.41, 5.74) is 0.447. The fourth-order valence-corrected chi connectivity index (χ4v) is 2.38. The lowest BCUT2D eigenvalue weighted by Crippen LogP contribution is -2.12. The highest BCUT2D eigenvalue weighted by Crippen LogP contribution is 2.23. The fourth-order valence-electron chi connectivity index (χ4n) is 1.19. The van der Waals surface area contributed by atoms with E-state index >= 15 is 0 Å². The third kappa shape index (κ3) is 3.90. The second-order valence-corrected chi connectivity index (χ2v) is 5.76. The maximum Gasteiger partial charge on any atom is 0.343 e. The largest absolute Gasteiger partial charge is 0.482 e. The molecular formula is C10H11ClO5S. The Labute approximate surface area is 104 Å². The predicted octanol–water partition coefficient (Wildman–Crippen LogP) is 1.47. The maximum atomic E-state index is 11.1. The zero-order valence-electron chi connectivity index (χ0n) is 9.27. The van der Waals surface area contributed by atoms with Gasteiger partial charge < -0.3 is 9.47 Å². The Morgan fingerprint density at radius 3 is 2.53 bits per heavy atom. The zero-order valence-corrected chi connectivity index (χ0v) is 10.8. The van der Waals surface area contributed by atoms with Crippen LogP contribution in [0.1, 0.15) is 5.56 Å². The first-order valence-corrected chi connectivity index (χ1v) is 6.90. The normalized spacial score (nSPS) is 11.0. The summed E-state index contributed by atoms with van der Waals surface area (Å²) in [5.74, 6) is -0.145. The molecule has 0 aliphatic heterocycles. The van der Waals surface area contributed by atoms with Gasteiger partial charge in [0.2, 0.25) is 0 Å². The van der Waals surface area contributed by atoms with Crippen molar-refractivity contribution in [2.75, 3.05) is 13.7 Å². The van der Waals surface area contributed by atoms with Gasteiger partial charge in [0.15, 0.2) is 6.61 Å². The van der Waals surface area contributed by atoms with Crippen LogP contribution in [0.25, 0.3) is 0 Å². The SMILES string of the molecule is COC(=O)COc1ccc(S(=O)(=O)Cl)c(C)c1. The van der Waals surface area contributed by atoms with Crippen LogP contribution >= 0.6 is 10.7 Å². The van der Waals surface area contributed by atoms with E-state index in [0.29, 0.717) is 11.3 Å². The molecule has 0 unspecified atom stereocenters. The number of rotatable bonds is 4. The van der Waals surface area contributed by atoms with E-state index in [4.69, 9.17) is 15.4 Å². The van der Waals surface area contributed by atoms with E-state index in [-0.39, 0.29) is 11.5 Å². The van der Waals surface area contributed by atoms with Crippen molar-refractivity contribution in [3.8, 4) is 5.75 Å². The number of ether oxygens (including phenoxy) is 2. The number of benzene rings is 1. The van der Waals surface area contributed by atoms with Crippen molar-refractivity contribution in [3.63, 3.8) is 0 Å². The van der Waals surface area contributed by atoms with Gasteiger partial charge in [-0.05, 0) is 30.7 Å². The first-order chi connectivity index (χ1) is 7.84. The average Bonchev–Trinajstić information content (AvgIpc) is 2.24. The monoisotopic (exact) mass is 278 g/mol. The van der Waals surface area contributed by atoms with Gasteiger partial charge in [-0.2, -0.15) is 0 Å². The van der Waals surface area contributed by atoms with Gasteiger partial charge in [0.05, 0.1) is 12.0 Å². The van der Waals surface area contributed by atoms with E-state index in [0.717, 1.165) is 0 Å². The van der Waals surface area contributed by atoms with E-state index in [2.05, 4.69) is 4.74 Å². The van der Waals surface area contributed by atoms with Crippen LogP contribution in [0.4, 0.5) is 0 Å². The highest BCUT2D eigenvalue weighted by atomic mass is 35.7. The van der Waals surface area contributed by atoms with Gasteiger partial charge >= 0.3 is 5.97 Å². The first-order valence-electron chi connectivity index (χ1n) is 4.59. The quantitative estimate of drug-likeness (QED) is 0.616. The Hall–Kier alpha value is -1.27. The smallest absolute Gasteiger partial charge is 0.343 e. The van der Waals surface area contributed by atoms with E-state index < -0.39 is 15.0 Å². The summed E-state index contributed by atoms with van der Waals surface area (Å²) in [6.45, 7) is 1.35. The van der Waals surface area contributed by atoms with Gasteiger partial charge in [-0.15, -0.1) is 0 Å². The fraction of sp³-hybridized carbons (Fsp3) is 0.300. The minimum absolute atomic E-state index is 0.0181. The highest BCUT2D eigenvalue weighted by Gasteiger charge is 2.14. The third-order valence-electron chi connectivity index (χ3n) is 1.99. The second-order valence-electron chi connectivity index (χ2n) is 3.23. The molecule has 1 aromatic carbocycles. The summed E-state index contributed by atoms with van der Waals surface area (Å²) in [6.07, 6.45) is 0. The summed E-state index contributed by atoms with van der Waals surface area (Å²) in [7, 11) is 2.71. The summed E-state index contributed by atoms with van der Waals surface area (Å²) in [5, 5.41) is 0. The standard InChI is InChI=1S/C10H11ClO5S/c1-7-5-8(16-6-10(12)15-2)3-4-9(7)17(11,13)14/h3-5H,6H2,1-2H3. The van der Waals surface area contributed by atoms with Gasteiger partial charge in [-0.25, -0.2) is 13.2 Å². The molecule has 0 spiro atoms. The van der Waals surface area contributed by atoms with Crippen molar-refractivity contribution in [3.05, 3.63) is 23.8 Å². The Morgan fingerprint density at radius 2 is 2.06 bits per heavy atom. The lowest BCUT2D eigenvalue weighted by Gasteiger charge is -2.07. The van der Waals surface area contributed by atoms with Crippen LogP contribution in [0.2, 0.25) is 0 Å². The topological polar surface area (TPSA) is 69.7 Å². The molecule has 0 atom stereocenters. The molecule has 0 aliphatic rings. The van der Waals surface area contributed by atoms with Crippen molar-refractivity contribution >= 4 is 25.7 Å². The average molecular weight is 279 g/mol. The number of halogens is 1. The van der Waals surface area contributed by atoms with Crippen molar-refractivity contribution in [2.45, 2.75) is 11.8 Å². The molecule has 17 heavy (non-hydrogen) atoms. The van der Waals surface area contributed by atoms with Crippen LogP contribution in [0.3, 0.4) is 0 Å². The van der Waals surface area contributed by atoms with Gasteiger partial charge in [0.1, 0.15) is 5.75 Å². The molecule has 0 saturated heterocycles. The van der Waals surface area contributed by atoms with Crippen molar-refractivity contribution < 1.29 is 22.7 Å². The van der Waals surface area contributed by atoms with Crippen molar-refractivity contribution in [2.24, 2.45) is 0 Å². The number of esters is 1. The summed E-state index contributed by atoms with van der Waals surface area (Å²) >= 11 is 0. The highest BCUT2D eigenvalue weighted by molar-refractivity contribution is 8.13. The summed E-state index contributed by atoms with van der Waals surface area (Å²) in [6, 6.07) is 4.23. The van der Waals surface area contributed by atoms with Crippen molar-refractivity contribution in [1.82, 2.24) is 0 Å². The van der Waals surface area contributed by atoms with E-state index in [1.54, 1.807) is 6.92 Å². The van der Waals surface area contributed by atoms with Gasteiger partial charge in [0, 0.05) is 10.7 Å². The van der Waals surface area contributed by atoms with Crippen LogP contribution in [-0.4, -0.2) is 28.1 Å². The molecule has 7 heteroatoms. The van der Waals surface area contributed by atoms with Gasteiger partial charge in [-0.1, -0.05) is 0 Å². The molecule has 94 valence electrons. The van der Waals surface area contributed by atoms with Crippen molar-refractivity contribution in [1.29, 1.82) is 0 Å². The number of carbonyl (C=O) groups excluding carboxylic acids is 1. The lowest BCUT2D eigenvalue weighted by atomic mass is 10.2. The molecule has 1 aromatic rings. The molecule has 0 bridgehead atoms. The molecular weight excluding hydrogens is 268 g/mol. The van der Waals surface area contributed by atoms with E-state index in [9.17, 15) is 13.2 Å². The van der Waals surface area contributed by atoms with Crippen LogP contribution in [0.5, 0.6) is 5.75 Å². The Morgan fingerprint density at radius 1 is 1.41 bits per heavy atom. The molecule has 0 fully saturated rings. The molecule has 0 N–H and O–H groups in total. The number of hydrogen-bond acceptors (Lipinski definition) is 5. The molecule has 0 radical (unpaired) electrons. The molecule has 1 rings (SSSR count). The maximum absolute atomic E-state index is 11.1. The first kappa shape index (κ1) is 13.8. The number of carbonyl (C=O) groups is 1.